The number of hydrogen-bond donors (Lipinski definition) is 2. The number of aromatic amines is 1. The van der Waals surface area contributed by atoms with Gasteiger partial charge in [-0.05, 0) is 31.2 Å². The van der Waals surface area contributed by atoms with Crippen LogP contribution in [0.15, 0.2) is 70.6 Å². The van der Waals surface area contributed by atoms with E-state index in [1.165, 1.54) is 12.4 Å². The molecule has 1 atom stereocenters. The Morgan fingerprint density at radius 3 is 2.63 bits per heavy atom. The molecule has 0 aliphatic rings. The molecule has 10 nitrogen and oxygen atoms in total. The predicted molar refractivity (Wildman–Crippen MR) is 132 cm³/mol. The zero-order chi connectivity index (χ0) is 24.8. The summed E-state index contributed by atoms with van der Waals surface area (Å²) in [5.74, 6) is 0.131. The number of rotatable bonds is 9. The lowest BCUT2D eigenvalue weighted by Gasteiger charge is -2.32. The summed E-state index contributed by atoms with van der Waals surface area (Å²) in [7, 11) is 1.80. The SMILES string of the molecule is CCC(c1nc2ncccc2c(=O)n1Cc1ccccc1)N(CCNC)C(=O)c1cnc(=O)[nH]c1. The Morgan fingerprint density at radius 2 is 1.94 bits per heavy atom. The van der Waals surface area contributed by atoms with Crippen molar-refractivity contribution < 1.29 is 4.79 Å². The molecule has 10 heteroatoms. The molecule has 4 rings (SSSR count). The second-order valence-corrected chi connectivity index (χ2v) is 8.05. The molecule has 2 N–H and O–H groups in total. The molecule has 1 unspecified atom stereocenters. The minimum atomic E-state index is -0.533. The van der Waals surface area contributed by atoms with Crippen molar-refractivity contribution in [1.29, 1.82) is 0 Å². The average Bonchev–Trinajstić information content (AvgIpc) is 2.89. The van der Waals surface area contributed by atoms with E-state index in [0.717, 1.165) is 5.56 Å². The van der Waals surface area contributed by atoms with Gasteiger partial charge in [-0.3, -0.25) is 14.2 Å². The number of nitrogens with zero attached hydrogens (tertiary/aromatic N) is 5. The molecule has 0 aliphatic heterocycles. The van der Waals surface area contributed by atoms with E-state index < -0.39 is 11.7 Å². The van der Waals surface area contributed by atoms with E-state index in [4.69, 9.17) is 4.98 Å². The third kappa shape index (κ3) is 5.17. The fourth-order valence-corrected chi connectivity index (χ4v) is 4.04. The first-order chi connectivity index (χ1) is 17.0. The number of carbonyl (C=O) groups is 1. The number of pyridine rings is 1. The number of benzene rings is 1. The standard InChI is InChI=1S/C25H27N7O3/c1-3-20(31(13-12-26-2)23(33)18-14-28-25(35)29-15-18)22-30-21-19(10-7-11-27-21)24(34)32(22)16-17-8-5-4-6-9-17/h4-11,14-15,20,26H,3,12-13,16H2,1-2H3,(H,28,29,35). The molecule has 35 heavy (non-hydrogen) atoms. The van der Waals surface area contributed by atoms with Crippen LogP contribution < -0.4 is 16.6 Å². The van der Waals surface area contributed by atoms with Crippen LogP contribution in [0.1, 0.15) is 41.1 Å². The maximum Gasteiger partial charge on any atom is 0.344 e. The number of likely N-dealkylation sites (N-methyl/N-ethyl adjacent to an activating group) is 1. The lowest BCUT2D eigenvalue weighted by Crippen LogP contribution is -2.42. The first-order valence-electron chi connectivity index (χ1n) is 11.4. The van der Waals surface area contributed by atoms with Crippen molar-refractivity contribution in [3.8, 4) is 0 Å². The van der Waals surface area contributed by atoms with E-state index in [1.807, 2.05) is 37.3 Å². The summed E-state index contributed by atoms with van der Waals surface area (Å²) in [6.07, 6.45) is 4.71. The van der Waals surface area contributed by atoms with Crippen LogP contribution >= 0.6 is 0 Å². The van der Waals surface area contributed by atoms with Gasteiger partial charge in [0.05, 0.1) is 23.5 Å². The van der Waals surface area contributed by atoms with E-state index in [1.54, 1.807) is 34.8 Å². The van der Waals surface area contributed by atoms with E-state index in [9.17, 15) is 14.4 Å². The van der Waals surface area contributed by atoms with Gasteiger partial charge in [0.15, 0.2) is 5.65 Å². The Bertz CT molecular complexity index is 1410. The number of nitrogens with one attached hydrogen (secondary N) is 2. The summed E-state index contributed by atoms with van der Waals surface area (Å²) in [6, 6.07) is 12.5. The topological polar surface area (TPSA) is 126 Å². The van der Waals surface area contributed by atoms with Crippen LogP contribution in [-0.2, 0) is 6.54 Å². The third-order valence-electron chi connectivity index (χ3n) is 5.79. The first-order valence-corrected chi connectivity index (χ1v) is 11.4. The Labute approximate surface area is 201 Å². The smallest absolute Gasteiger partial charge is 0.327 e. The van der Waals surface area contributed by atoms with Crippen LogP contribution in [0, 0.1) is 0 Å². The van der Waals surface area contributed by atoms with E-state index >= 15 is 0 Å². The van der Waals surface area contributed by atoms with E-state index in [-0.39, 0.29) is 17.0 Å². The summed E-state index contributed by atoms with van der Waals surface area (Å²) in [5, 5.41) is 3.49. The summed E-state index contributed by atoms with van der Waals surface area (Å²) in [6.45, 7) is 3.12. The molecule has 4 aromatic rings. The van der Waals surface area contributed by atoms with E-state index in [0.29, 0.717) is 42.9 Å². The second-order valence-electron chi connectivity index (χ2n) is 8.05. The Kier molecular flexibility index (Phi) is 7.41. The Morgan fingerprint density at radius 1 is 1.14 bits per heavy atom. The quantitative estimate of drug-likeness (QED) is 0.379. The van der Waals surface area contributed by atoms with Crippen LogP contribution in [0.4, 0.5) is 0 Å². The number of amides is 1. The predicted octanol–water partition coefficient (Wildman–Crippen LogP) is 1.74. The maximum absolute atomic E-state index is 13.6. The number of hydrogen-bond acceptors (Lipinski definition) is 7. The van der Waals surface area contributed by atoms with Crippen molar-refractivity contribution in [2.24, 2.45) is 0 Å². The number of H-pyrrole nitrogens is 1. The molecule has 0 bridgehead atoms. The van der Waals surface area contributed by atoms with Gasteiger partial charge in [-0.2, -0.15) is 0 Å². The molecule has 180 valence electrons. The van der Waals surface area contributed by atoms with Crippen LogP contribution in [0.3, 0.4) is 0 Å². The van der Waals surface area contributed by atoms with Gasteiger partial charge in [-0.1, -0.05) is 37.3 Å². The molecule has 0 spiro atoms. The zero-order valence-corrected chi connectivity index (χ0v) is 19.6. The molecule has 0 radical (unpaired) electrons. The van der Waals surface area contributed by atoms with Gasteiger partial charge < -0.3 is 15.2 Å². The molecule has 0 aliphatic carbocycles. The van der Waals surface area contributed by atoms with Gasteiger partial charge in [0.25, 0.3) is 11.5 Å². The van der Waals surface area contributed by atoms with Crippen molar-refractivity contribution in [3.05, 3.63) is 98.8 Å². The van der Waals surface area contributed by atoms with Crippen molar-refractivity contribution in [1.82, 2.24) is 34.7 Å². The largest absolute Gasteiger partial charge is 0.344 e. The van der Waals surface area contributed by atoms with Crippen LogP contribution in [0.25, 0.3) is 11.0 Å². The van der Waals surface area contributed by atoms with Crippen molar-refractivity contribution in [2.45, 2.75) is 25.9 Å². The van der Waals surface area contributed by atoms with Crippen molar-refractivity contribution in [2.75, 3.05) is 20.1 Å². The lowest BCUT2D eigenvalue weighted by molar-refractivity contribution is 0.0659. The summed E-state index contributed by atoms with van der Waals surface area (Å²) in [5.41, 5.74) is 0.771. The molecular formula is C25H27N7O3. The minimum Gasteiger partial charge on any atom is -0.327 e. The fourth-order valence-electron chi connectivity index (χ4n) is 4.04. The van der Waals surface area contributed by atoms with Crippen LogP contribution in [-0.4, -0.2) is 55.4 Å². The lowest BCUT2D eigenvalue weighted by atomic mass is 10.1. The van der Waals surface area contributed by atoms with Gasteiger partial charge in [0, 0.05) is 31.7 Å². The molecule has 0 saturated heterocycles. The number of fused-ring (bicyclic) bond motifs is 1. The highest BCUT2D eigenvalue weighted by Crippen LogP contribution is 2.25. The van der Waals surface area contributed by atoms with Crippen molar-refractivity contribution >= 4 is 16.9 Å². The normalized spacial score (nSPS) is 11.9. The minimum absolute atomic E-state index is 0.216. The zero-order valence-electron chi connectivity index (χ0n) is 19.6. The van der Waals surface area contributed by atoms with Crippen LogP contribution in [0.5, 0.6) is 0 Å². The molecule has 1 aromatic carbocycles. The molecular weight excluding hydrogens is 446 g/mol. The van der Waals surface area contributed by atoms with Crippen LogP contribution in [0.2, 0.25) is 0 Å². The van der Waals surface area contributed by atoms with Gasteiger partial charge in [0.2, 0.25) is 0 Å². The molecule has 0 fully saturated rings. The highest BCUT2D eigenvalue weighted by Gasteiger charge is 2.29. The second kappa shape index (κ2) is 10.8. The number of carbonyl (C=O) groups excluding carboxylic acids is 1. The monoisotopic (exact) mass is 473 g/mol. The number of aromatic nitrogens is 5. The van der Waals surface area contributed by atoms with Gasteiger partial charge in [-0.15, -0.1) is 0 Å². The average molecular weight is 474 g/mol. The molecule has 1 amide bonds. The molecule has 0 saturated carbocycles. The molecule has 3 heterocycles. The Balaban J connectivity index is 1.87. The van der Waals surface area contributed by atoms with Gasteiger partial charge >= 0.3 is 5.69 Å². The first kappa shape index (κ1) is 24.0. The highest BCUT2D eigenvalue weighted by molar-refractivity contribution is 5.93. The van der Waals surface area contributed by atoms with E-state index in [2.05, 4.69) is 20.3 Å². The van der Waals surface area contributed by atoms with Gasteiger partial charge in [-0.25, -0.2) is 19.7 Å². The maximum atomic E-state index is 13.6. The highest BCUT2D eigenvalue weighted by atomic mass is 16.2. The fraction of sp³-hybridized carbons (Fsp3) is 0.280. The third-order valence-corrected chi connectivity index (χ3v) is 5.79. The van der Waals surface area contributed by atoms with Gasteiger partial charge in [0.1, 0.15) is 5.82 Å². The Hall–Kier alpha value is -4.18. The van der Waals surface area contributed by atoms with Crippen molar-refractivity contribution in [3.63, 3.8) is 0 Å². The summed E-state index contributed by atoms with van der Waals surface area (Å²) in [4.78, 5) is 55.5. The summed E-state index contributed by atoms with van der Waals surface area (Å²) >= 11 is 0. The molecule has 3 aromatic heterocycles. The summed E-state index contributed by atoms with van der Waals surface area (Å²) < 4.78 is 1.62.